The number of ether oxygens (including phenoxy) is 2. The second-order valence-electron chi connectivity index (χ2n) is 4.92. The van der Waals surface area contributed by atoms with E-state index in [0.29, 0.717) is 22.8 Å². The van der Waals surface area contributed by atoms with Crippen LogP contribution in [-0.4, -0.2) is 30.4 Å². The lowest BCUT2D eigenvalue weighted by Crippen LogP contribution is -1.99. The molecule has 1 heterocycles. The second kappa shape index (κ2) is 7.15. The van der Waals surface area contributed by atoms with Gasteiger partial charge in [0.15, 0.2) is 11.5 Å². The Balaban J connectivity index is 2.12. The van der Waals surface area contributed by atoms with E-state index in [4.69, 9.17) is 21.1 Å². The Morgan fingerprint density at radius 3 is 2.50 bits per heavy atom. The summed E-state index contributed by atoms with van der Waals surface area (Å²) in [6, 6.07) is 11.7. The minimum Gasteiger partial charge on any atom is -0.493 e. The molecule has 7 heteroatoms. The molecule has 0 saturated carbocycles. The fraction of sp³-hybridized carbons (Fsp3) is 0.176. The predicted molar refractivity (Wildman–Crippen MR) is 99.2 cm³/mol. The first-order valence-electron chi connectivity index (χ1n) is 7.15. The van der Waals surface area contributed by atoms with Crippen molar-refractivity contribution in [3.63, 3.8) is 0 Å². The van der Waals surface area contributed by atoms with E-state index in [1.807, 2.05) is 30.5 Å². The molecule has 1 aromatic heterocycles. The maximum atomic E-state index is 6.08. The van der Waals surface area contributed by atoms with Crippen LogP contribution in [0.2, 0.25) is 5.28 Å². The molecule has 5 nitrogen and oxygen atoms in total. The van der Waals surface area contributed by atoms with Crippen molar-refractivity contribution in [3.8, 4) is 11.5 Å². The molecule has 3 rings (SSSR count). The number of anilines is 2. The fourth-order valence-corrected chi connectivity index (χ4v) is 3.00. The highest BCUT2D eigenvalue weighted by atomic mass is 35.5. The molecule has 0 atom stereocenters. The van der Waals surface area contributed by atoms with Crippen LogP contribution < -0.4 is 14.8 Å². The molecule has 24 heavy (non-hydrogen) atoms. The van der Waals surface area contributed by atoms with E-state index >= 15 is 0 Å². The number of hydrogen-bond donors (Lipinski definition) is 1. The Labute approximate surface area is 149 Å². The predicted octanol–water partition coefficient (Wildman–Crippen LogP) is 4.77. The SMILES string of the molecule is COc1cc2nc(Cl)nc(Nc3cccc(SC)c3)c2cc1OC. The number of nitrogens with one attached hydrogen (secondary N) is 1. The Kier molecular flexibility index (Phi) is 4.97. The van der Waals surface area contributed by atoms with Gasteiger partial charge >= 0.3 is 0 Å². The highest BCUT2D eigenvalue weighted by Crippen LogP contribution is 2.35. The largest absolute Gasteiger partial charge is 0.493 e. The summed E-state index contributed by atoms with van der Waals surface area (Å²) in [5, 5.41) is 4.27. The van der Waals surface area contributed by atoms with Crippen molar-refractivity contribution >= 4 is 45.8 Å². The average molecular weight is 362 g/mol. The zero-order valence-electron chi connectivity index (χ0n) is 13.5. The van der Waals surface area contributed by atoms with Crippen LogP contribution in [0.3, 0.4) is 0 Å². The fourth-order valence-electron chi connectivity index (χ4n) is 2.36. The minimum absolute atomic E-state index is 0.165. The molecule has 3 aromatic rings. The van der Waals surface area contributed by atoms with Crippen molar-refractivity contribution < 1.29 is 9.47 Å². The first kappa shape index (κ1) is 16.7. The summed E-state index contributed by atoms with van der Waals surface area (Å²) >= 11 is 7.76. The summed E-state index contributed by atoms with van der Waals surface area (Å²) in [6.45, 7) is 0. The second-order valence-corrected chi connectivity index (χ2v) is 6.14. The van der Waals surface area contributed by atoms with Gasteiger partial charge in [-0.05, 0) is 42.1 Å². The summed E-state index contributed by atoms with van der Waals surface area (Å²) in [7, 11) is 3.18. The summed E-state index contributed by atoms with van der Waals surface area (Å²) in [5.41, 5.74) is 1.60. The monoisotopic (exact) mass is 361 g/mol. The number of aromatic nitrogens is 2. The van der Waals surface area contributed by atoms with E-state index in [1.165, 1.54) is 0 Å². The Hall–Kier alpha value is -2.18. The van der Waals surface area contributed by atoms with Crippen LogP contribution in [0.4, 0.5) is 11.5 Å². The van der Waals surface area contributed by atoms with Gasteiger partial charge in [-0.15, -0.1) is 11.8 Å². The van der Waals surface area contributed by atoms with E-state index in [0.717, 1.165) is 16.0 Å². The van der Waals surface area contributed by atoms with E-state index < -0.39 is 0 Å². The van der Waals surface area contributed by atoms with E-state index in [1.54, 1.807) is 32.0 Å². The standard InChI is InChI=1S/C17H16ClN3O2S/c1-22-14-8-12-13(9-15(14)23-2)20-17(18)21-16(12)19-10-5-4-6-11(7-10)24-3/h4-9H,1-3H3,(H,19,20,21). The summed E-state index contributed by atoms with van der Waals surface area (Å²) in [5.74, 6) is 1.82. The molecule has 0 aliphatic heterocycles. The number of rotatable bonds is 5. The van der Waals surface area contributed by atoms with Crippen molar-refractivity contribution in [2.45, 2.75) is 4.90 Å². The van der Waals surface area contributed by atoms with Gasteiger partial charge in [0.05, 0.1) is 19.7 Å². The summed E-state index contributed by atoms with van der Waals surface area (Å²) < 4.78 is 10.7. The lowest BCUT2D eigenvalue weighted by molar-refractivity contribution is 0.356. The molecule has 1 N–H and O–H groups in total. The number of benzene rings is 2. The maximum Gasteiger partial charge on any atom is 0.224 e. The lowest BCUT2D eigenvalue weighted by atomic mass is 10.2. The van der Waals surface area contributed by atoms with Gasteiger partial charge in [0.1, 0.15) is 5.82 Å². The molecule has 124 valence electrons. The third-order valence-electron chi connectivity index (χ3n) is 3.51. The number of halogens is 1. The van der Waals surface area contributed by atoms with Gasteiger partial charge < -0.3 is 14.8 Å². The van der Waals surface area contributed by atoms with Crippen LogP contribution in [0.15, 0.2) is 41.3 Å². The Morgan fingerprint density at radius 1 is 1.04 bits per heavy atom. The molecule has 0 aliphatic rings. The van der Waals surface area contributed by atoms with Crippen molar-refractivity contribution in [2.24, 2.45) is 0 Å². The molecule has 0 unspecified atom stereocenters. The van der Waals surface area contributed by atoms with Crippen molar-refractivity contribution in [2.75, 3.05) is 25.8 Å². The van der Waals surface area contributed by atoms with Gasteiger partial charge in [0.2, 0.25) is 5.28 Å². The molecule has 0 aliphatic carbocycles. The van der Waals surface area contributed by atoms with Gasteiger partial charge in [0.25, 0.3) is 0 Å². The smallest absolute Gasteiger partial charge is 0.224 e. The van der Waals surface area contributed by atoms with Crippen LogP contribution in [0.25, 0.3) is 10.9 Å². The van der Waals surface area contributed by atoms with Crippen molar-refractivity contribution in [1.29, 1.82) is 0 Å². The van der Waals surface area contributed by atoms with Gasteiger partial charge in [-0.25, -0.2) is 4.98 Å². The first-order chi connectivity index (χ1) is 11.6. The van der Waals surface area contributed by atoms with Gasteiger partial charge in [0, 0.05) is 22.0 Å². The molecule has 2 aromatic carbocycles. The van der Waals surface area contributed by atoms with Crippen LogP contribution in [0, 0.1) is 0 Å². The molecule has 0 radical (unpaired) electrons. The molecule has 0 bridgehead atoms. The lowest BCUT2D eigenvalue weighted by Gasteiger charge is -2.13. The van der Waals surface area contributed by atoms with Gasteiger partial charge in [-0.3, -0.25) is 0 Å². The highest BCUT2D eigenvalue weighted by molar-refractivity contribution is 7.98. The van der Waals surface area contributed by atoms with E-state index in [9.17, 15) is 0 Å². The minimum atomic E-state index is 0.165. The van der Waals surface area contributed by atoms with Gasteiger partial charge in [-0.1, -0.05) is 6.07 Å². The van der Waals surface area contributed by atoms with Crippen LogP contribution in [0.5, 0.6) is 11.5 Å². The maximum absolute atomic E-state index is 6.08. The quantitative estimate of drug-likeness (QED) is 0.522. The number of nitrogens with zero attached hydrogens (tertiary/aromatic N) is 2. The van der Waals surface area contributed by atoms with E-state index in [2.05, 4.69) is 21.4 Å². The molecule has 0 fully saturated rings. The third-order valence-corrected chi connectivity index (χ3v) is 4.40. The number of thioether (sulfide) groups is 1. The molecular weight excluding hydrogens is 346 g/mol. The average Bonchev–Trinajstić information content (AvgIpc) is 2.60. The van der Waals surface area contributed by atoms with E-state index in [-0.39, 0.29) is 5.28 Å². The van der Waals surface area contributed by atoms with Crippen molar-refractivity contribution in [3.05, 3.63) is 41.7 Å². The molecular formula is C17H16ClN3O2S. The molecule has 0 amide bonds. The zero-order chi connectivity index (χ0) is 17.1. The molecule has 0 spiro atoms. The first-order valence-corrected chi connectivity index (χ1v) is 8.75. The van der Waals surface area contributed by atoms with Crippen LogP contribution >= 0.6 is 23.4 Å². The van der Waals surface area contributed by atoms with Crippen molar-refractivity contribution in [1.82, 2.24) is 9.97 Å². The summed E-state index contributed by atoms with van der Waals surface area (Å²) in [6.07, 6.45) is 2.03. The third kappa shape index (κ3) is 3.34. The number of hydrogen-bond acceptors (Lipinski definition) is 6. The normalized spacial score (nSPS) is 10.7. The zero-order valence-corrected chi connectivity index (χ0v) is 15.0. The van der Waals surface area contributed by atoms with Gasteiger partial charge in [-0.2, -0.15) is 4.98 Å². The van der Waals surface area contributed by atoms with Crippen LogP contribution in [0.1, 0.15) is 0 Å². The Morgan fingerprint density at radius 2 is 1.79 bits per heavy atom. The summed E-state index contributed by atoms with van der Waals surface area (Å²) in [4.78, 5) is 9.75. The number of fused-ring (bicyclic) bond motifs is 1. The highest BCUT2D eigenvalue weighted by Gasteiger charge is 2.13. The topological polar surface area (TPSA) is 56.3 Å². The van der Waals surface area contributed by atoms with Crippen LogP contribution in [-0.2, 0) is 0 Å². The Bertz CT molecular complexity index is 889. The number of methoxy groups -OCH3 is 2. The molecule has 0 saturated heterocycles.